The molecule has 0 fully saturated rings. The molecule has 0 N–H and O–H groups in total. The van der Waals surface area contributed by atoms with Gasteiger partial charge in [0.05, 0.1) is 22.0 Å². The number of hydrogen-bond acceptors (Lipinski definition) is 6. The van der Waals surface area contributed by atoms with E-state index in [-0.39, 0.29) is 17.9 Å². The summed E-state index contributed by atoms with van der Waals surface area (Å²) >= 11 is 3.38. The van der Waals surface area contributed by atoms with Gasteiger partial charge < -0.3 is 4.74 Å². The molecular weight excluding hydrogens is 531 g/mol. The molecule has 4 aromatic rings. The first-order chi connectivity index (χ1) is 17.4. The minimum absolute atomic E-state index is 0.0453. The molecule has 1 aromatic heterocycles. The van der Waals surface area contributed by atoms with Gasteiger partial charge in [-0.05, 0) is 48.4 Å². The van der Waals surface area contributed by atoms with E-state index >= 15 is 0 Å². The number of rotatable bonds is 9. The fraction of sp³-hybridized carbons (Fsp3) is 0.192. The third kappa shape index (κ3) is 5.83. The molecule has 8 nitrogen and oxygen atoms in total. The molecule has 0 amide bonds. The number of nitrogens with zero attached hydrogens (tertiary/aromatic N) is 4. The molecule has 36 heavy (non-hydrogen) atoms. The van der Waals surface area contributed by atoms with Crippen molar-refractivity contribution in [2.24, 2.45) is 5.10 Å². The van der Waals surface area contributed by atoms with E-state index in [4.69, 9.17) is 4.74 Å². The van der Waals surface area contributed by atoms with Crippen molar-refractivity contribution < 1.29 is 14.1 Å². The standard InChI is InChI=1S/C26H22BrFN4O4/c1-2-3-7-25-30-23-10-8-19(27)14-22(23)26(33)31(25)29-15-18-13-21(32(34)35)9-11-24(18)36-16-17-5-4-6-20(28)12-17/h4-6,8-15H,2-3,7,16H2,1H3. The van der Waals surface area contributed by atoms with Crippen LogP contribution in [0.2, 0.25) is 0 Å². The second kappa shape index (κ2) is 11.2. The van der Waals surface area contributed by atoms with Crippen LogP contribution in [0.15, 0.2) is 75.0 Å². The van der Waals surface area contributed by atoms with E-state index in [1.165, 1.54) is 41.2 Å². The third-order valence-corrected chi connectivity index (χ3v) is 5.92. The van der Waals surface area contributed by atoms with Crippen LogP contribution >= 0.6 is 15.9 Å². The summed E-state index contributed by atoms with van der Waals surface area (Å²) in [7, 11) is 0. The van der Waals surface area contributed by atoms with Crippen LogP contribution in [0.25, 0.3) is 10.9 Å². The van der Waals surface area contributed by atoms with Crippen molar-refractivity contribution in [1.82, 2.24) is 9.66 Å². The Kier molecular flexibility index (Phi) is 7.84. The number of non-ortho nitro benzene ring substituents is 1. The Morgan fingerprint density at radius 2 is 2.03 bits per heavy atom. The maximum atomic E-state index is 13.5. The summed E-state index contributed by atoms with van der Waals surface area (Å²) in [4.78, 5) is 28.8. The van der Waals surface area contributed by atoms with Gasteiger partial charge >= 0.3 is 0 Å². The predicted molar refractivity (Wildman–Crippen MR) is 139 cm³/mol. The van der Waals surface area contributed by atoms with E-state index in [2.05, 4.69) is 26.0 Å². The van der Waals surface area contributed by atoms with Gasteiger partial charge in [-0.2, -0.15) is 9.78 Å². The Balaban J connectivity index is 1.76. The van der Waals surface area contributed by atoms with Gasteiger partial charge in [-0.3, -0.25) is 14.9 Å². The third-order valence-electron chi connectivity index (χ3n) is 5.43. The van der Waals surface area contributed by atoms with Crippen molar-refractivity contribution in [2.45, 2.75) is 32.8 Å². The molecule has 10 heteroatoms. The average Bonchev–Trinajstić information content (AvgIpc) is 2.86. The van der Waals surface area contributed by atoms with Gasteiger partial charge in [0.15, 0.2) is 0 Å². The number of halogens is 2. The zero-order chi connectivity index (χ0) is 25.7. The number of aromatic nitrogens is 2. The maximum absolute atomic E-state index is 13.5. The molecule has 1 heterocycles. The highest BCUT2D eigenvalue weighted by Crippen LogP contribution is 2.24. The summed E-state index contributed by atoms with van der Waals surface area (Å²) in [5.74, 6) is 0.393. The monoisotopic (exact) mass is 552 g/mol. The van der Waals surface area contributed by atoms with E-state index in [0.717, 1.165) is 17.3 Å². The molecule has 0 saturated heterocycles. The van der Waals surface area contributed by atoms with Gasteiger partial charge in [-0.1, -0.05) is 41.4 Å². The smallest absolute Gasteiger partial charge is 0.282 e. The number of ether oxygens (including phenoxy) is 1. The molecule has 0 aliphatic rings. The molecule has 0 saturated carbocycles. The van der Waals surface area contributed by atoms with E-state index < -0.39 is 10.7 Å². The number of aryl methyl sites for hydroxylation is 1. The van der Waals surface area contributed by atoms with E-state index in [0.29, 0.717) is 40.0 Å². The highest BCUT2D eigenvalue weighted by molar-refractivity contribution is 9.10. The van der Waals surface area contributed by atoms with Crippen molar-refractivity contribution in [1.29, 1.82) is 0 Å². The predicted octanol–water partition coefficient (Wildman–Crippen LogP) is 6.01. The zero-order valence-electron chi connectivity index (χ0n) is 19.4. The minimum Gasteiger partial charge on any atom is -0.488 e. The maximum Gasteiger partial charge on any atom is 0.282 e. The number of unbranched alkanes of at least 4 members (excludes halogenated alkanes) is 1. The Hall–Kier alpha value is -3.92. The molecule has 0 bridgehead atoms. The first-order valence-electron chi connectivity index (χ1n) is 11.3. The van der Waals surface area contributed by atoms with Crippen LogP contribution < -0.4 is 10.3 Å². The van der Waals surface area contributed by atoms with Crippen molar-refractivity contribution in [2.75, 3.05) is 0 Å². The summed E-state index contributed by atoms with van der Waals surface area (Å²) in [5, 5.41) is 16.1. The number of benzene rings is 3. The Labute approximate surface area is 214 Å². The minimum atomic E-state index is -0.526. The van der Waals surface area contributed by atoms with Gasteiger partial charge in [0.1, 0.15) is 24.0 Å². The summed E-state index contributed by atoms with van der Waals surface area (Å²) in [6.45, 7) is 2.08. The van der Waals surface area contributed by atoms with Crippen LogP contribution in [0.1, 0.15) is 36.7 Å². The molecule has 184 valence electrons. The van der Waals surface area contributed by atoms with E-state index in [1.54, 1.807) is 24.3 Å². The fourth-order valence-corrected chi connectivity index (χ4v) is 3.96. The summed E-state index contributed by atoms with van der Waals surface area (Å²) in [5.41, 5.74) is 0.946. The zero-order valence-corrected chi connectivity index (χ0v) is 20.9. The molecule has 3 aromatic carbocycles. The van der Waals surface area contributed by atoms with Crippen LogP contribution in [-0.4, -0.2) is 20.8 Å². The summed E-state index contributed by atoms with van der Waals surface area (Å²) in [6.07, 6.45) is 3.59. The van der Waals surface area contributed by atoms with Gasteiger partial charge in [0.25, 0.3) is 11.2 Å². The van der Waals surface area contributed by atoms with Gasteiger partial charge in [0.2, 0.25) is 0 Å². The SMILES string of the molecule is CCCCc1nc2ccc(Br)cc2c(=O)n1N=Cc1cc([N+](=O)[O-])ccc1OCc1cccc(F)c1. The van der Waals surface area contributed by atoms with Crippen LogP contribution in [0, 0.1) is 15.9 Å². The van der Waals surface area contributed by atoms with Crippen molar-refractivity contribution >= 4 is 38.7 Å². The summed E-state index contributed by atoms with van der Waals surface area (Å²) < 4.78 is 21.3. The van der Waals surface area contributed by atoms with Gasteiger partial charge in [-0.15, -0.1) is 0 Å². The number of hydrogen-bond donors (Lipinski definition) is 0. The van der Waals surface area contributed by atoms with Crippen LogP contribution in [0.4, 0.5) is 10.1 Å². The molecule has 0 aliphatic carbocycles. The van der Waals surface area contributed by atoms with Crippen LogP contribution in [-0.2, 0) is 13.0 Å². The lowest BCUT2D eigenvalue weighted by atomic mass is 10.2. The highest BCUT2D eigenvalue weighted by Gasteiger charge is 2.14. The van der Waals surface area contributed by atoms with Crippen molar-refractivity contribution in [3.63, 3.8) is 0 Å². The lowest BCUT2D eigenvalue weighted by Crippen LogP contribution is -2.22. The highest BCUT2D eigenvalue weighted by atomic mass is 79.9. The molecule has 0 atom stereocenters. The van der Waals surface area contributed by atoms with E-state index in [1.807, 2.05) is 13.0 Å². The molecule has 0 aliphatic heterocycles. The largest absolute Gasteiger partial charge is 0.488 e. The Morgan fingerprint density at radius 3 is 2.78 bits per heavy atom. The average molecular weight is 553 g/mol. The normalized spacial score (nSPS) is 11.3. The number of nitro groups is 1. The lowest BCUT2D eigenvalue weighted by Gasteiger charge is -2.11. The lowest BCUT2D eigenvalue weighted by molar-refractivity contribution is -0.384. The first-order valence-corrected chi connectivity index (χ1v) is 12.1. The van der Waals surface area contributed by atoms with Crippen LogP contribution in [0.3, 0.4) is 0 Å². The first kappa shape index (κ1) is 25.2. The molecule has 0 spiro atoms. The number of fused-ring (bicyclic) bond motifs is 1. The van der Waals surface area contributed by atoms with Crippen molar-refractivity contribution in [3.8, 4) is 5.75 Å². The second-order valence-electron chi connectivity index (χ2n) is 8.05. The van der Waals surface area contributed by atoms with Crippen molar-refractivity contribution in [3.05, 3.63) is 108 Å². The fourth-order valence-electron chi connectivity index (χ4n) is 3.60. The van der Waals surface area contributed by atoms with E-state index in [9.17, 15) is 19.3 Å². The topological polar surface area (TPSA) is 99.6 Å². The molecule has 4 rings (SSSR count). The Morgan fingerprint density at radius 1 is 1.19 bits per heavy atom. The quantitative estimate of drug-likeness (QED) is 0.144. The molecule has 0 unspecified atom stereocenters. The van der Waals surface area contributed by atoms with Gasteiger partial charge in [-0.25, -0.2) is 9.37 Å². The van der Waals surface area contributed by atoms with Gasteiger partial charge in [0, 0.05) is 28.6 Å². The second-order valence-corrected chi connectivity index (χ2v) is 8.97. The Bertz CT molecular complexity index is 1520. The molecular formula is C26H22BrFN4O4. The number of nitro benzene ring substituents is 1. The summed E-state index contributed by atoms with van der Waals surface area (Å²) in [6, 6.07) is 15.3. The van der Waals surface area contributed by atoms with Crippen LogP contribution in [0.5, 0.6) is 5.75 Å². The molecule has 0 radical (unpaired) electrons.